The van der Waals surface area contributed by atoms with Crippen molar-refractivity contribution in [3.05, 3.63) is 42.4 Å². The van der Waals surface area contributed by atoms with Gasteiger partial charge in [0.1, 0.15) is 23.2 Å². The summed E-state index contributed by atoms with van der Waals surface area (Å²) in [4.78, 5) is 13.2. The first-order valence-corrected chi connectivity index (χ1v) is 7.41. The standard InChI is InChI=1S/C17H18N6/c1-17(2,3)11-21-14-6-7-19-16(22-14)13-9-20-15-5-4-12(8-18)10-23(13)15/h4-7,9-10H,11H2,1-3H3,(H,19,21,22). The van der Waals surface area contributed by atoms with E-state index in [2.05, 4.69) is 47.1 Å². The number of aromatic nitrogens is 4. The normalized spacial score (nSPS) is 11.4. The van der Waals surface area contributed by atoms with Gasteiger partial charge in [-0.05, 0) is 23.6 Å². The van der Waals surface area contributed by atoms with Gasteiger partial charge in [-0.25, -0.2) is 15.0 Å². The van der Waals surface area contributed by atoms with Crippen molar-refractivity contribution in [2.45, 2.75) is 20.8 Å². The highest BCUT2D eigenvalue weighted by Crippen LogP contribution is 2.20. The van der Waals surface area contributed by atoms with Crippen LogP contribution in [0.2, 0.25) is 0 Å². The Morgan fingerprint density at radius 3 is 2.78 bits per heavy atom. The molecule has 0 aromatic carbocycles. The van der Waals surface area contributed by atoms with Gasteiger partial charge in [-0.3, -0.25) is 4.40 Å². The molecule has 6 heteroatoms. The predicted octanol–water partition coefficient (Wildman–Crippen LogP) is 3.12. The summed E-state index contributed by atoms with van der Waals surface area (Å²) in [5.41, 5.74) is 2.25. The molecule has 0 saturated carbocycles. The van der Waals surface area contributed by atoms with E-state index < -0.39 is 0 Å². The average Bonchev–Trinajstić information content (AvgIpc) is 2.95. The number of nitrogens with one attached hydrogen (secondary N) is 1. The SMILES string of the molecule is CC(C)(C)CNc1ccnc(-c2cnc3ccc(C#N)cn23)n1. The van der Waals surface area contributed by atoms with Gasteiger partial charge in [0.2, 0.25) is 0 Å². The van der Waals surface area contributed by atoms with E-state index in [1.54, 1.807) is 24.7 Å². The van der Waals surface area contributed by atoms with E-state index in [9.17, 15) is 0 Å². The lowest BCUT2D eigenvalue weighted by molar-refractivity contribution is 0.442. The van der Waals surface area contributed by atoms with Crippen molar-refractivity contribution >= 4 is 11.5 Å². The molecule has 0 aliphatic rings. The summed E-state index contributed by atoms with van der Waals surface area (Å²) in [6.45, 7) is 7.30. The molecule has 3 aromatic rings. The van der Waals surface area contributed by atoms with Crippen LogP contribution in [0.4, 0.5) is 5.82 Å². The Morgan fingerprint density at radius 1 is 1.22 bits per heavy atom. The molecule has 0 radical (unpaired) electrons. The maximum atomic E-state index is 9.06. The highest BCUT2D eigenvalue weighted by atomic mass is 15.1. The Labute approximate surface area is 134 Å². The number of anilines is 1. The molecular weight excluding hydrogens is 288 g/mol. The number of fused-ring (bicyclic) bond motifs is 1. The molecule has 0 amide bonds. The Morgan fingerprint density at radius 2 is 2.04 bits per heavy atom. The van der Waals surface area contributed by atoms with E-state index in [-0.39, 0.29) is 5.41 Å². The summed E-state index contributed by atoms with van der Waals surface area (Å²) in [6, 6.07) is 7.53. The molecule has 3 aromatic heterocycles. The third-order valence-electron chi connectivity index (χ3n) is 3.32. The van der Waals surface area contributed by atoms with Crippen molar-refractivity contribution in [2.24, 2.45) is 5.41 Å². The van der Waals surface area contributed by atoms with Gasteiger partial charge in [0.15, 0.2) is 5.82 Å². The molecule has 0 fully saturated rings. The van der Waals surface area contributed by atoms with Gasteiger partial charge in [-0.1, -0.05) is 20.8 Å². The highest BCUT2D eigenvalue weighted by Gasteiger charge is 2.12. The Hall–Kier alpha value is -2.94. The molecular formula is C17H18N6. The van der Waals surface area contributed by atoms with E-state index in [1.807, 2.05) is 16.5 Å². The Kier molecular flexibility index (Phi) is 3.70. The van der Waals surface area contributed by atoms with Crippen molar-refractivity contribution in [3.8, 4) is 17.6 Å². The lowest BCUT2D eigenvalue weighted by Gasteiger charge is -2.19. The van der Waals surface area contributed by atoms with Crippen LogP contribution in [0.1, 0.15) is 26.3 Å². The van der Waals surface area contributed by atoms with Crippen LogP contribution in [-0.4, -0.2) is 25.9 Å². The zero-order chi connectivity index (χ0) is 16.4. The molecule has 0 spiro atoms. The third kappa shape index (κ3) is 3.29. The van der Waals surface area contributed by atoms with Gasteiger partial charge in [0.05, 0.1) is 11.8 Å². The predicted molar refractivity (Wildman–Crippen MR) is 88.9 cm³/mol. The van der Waals surface area contributed by atoms with Crippen molar-refractivity contribution in [1.29, 1.82) is 5.26 Å². The molecule has 0 saturated heterocycles. The van der Waals surface area contributed by atoms with Crippen LogP contribution < -0.4 is 5.32 Å². The van der Waals surface area contributed by atoms with E-state index in [1.165, 1.54) is 0 Å². The second-order valence-electron chi connectivity index (χ2n) is 6.58. The first kappa shape index (κ1) is 15.0. The van der Waals surface area contributed by atoms with Crippen LogP contribution >= 0.6 is 0 Å². The second-order valence-corrected chi connectivity index (χ2v) is 6.58. The van der Waals surface area contributed by atoms with Gasteiger partial charge in [0.25, 0.3) is 0 Å². The number of imidazole rings is 1. The van der Waals surface area contributed by atoms with Crippen LogP contribution in [0.5, 0.6) is 0 Å². The van der Waals surface area contributed by atoms with Crippen LogP contribution in [0, 0.1) is 16.7 Å². The van der Waals surface area contributed by atoms with Crippen LogP contribution in [0.3, 0.4) is 0 Å². The quantitative estimate of drug-likeness (QED) is 0.804. The van der Waals surface area contributed by atoms with Crippen LogP contribution in [-0.2, 0) is 0 Å². The highest BCUT2D eigenvalue weighted by molar-refractivity contribution is 5.59. The smallest absolute Gasteiger partial charge is 0.180 e. The summed E-state index contributed by atoms with van der Waals surface area (Å²) in [5.74, 6) is 1.35. The largest absolute Gasteiger partial charge is 0.369 e. The zero-order valence-electron chi connectivity index (χ0n) is 13.4. The Balaban J connectivity index is 1.97. The summed E-state index contributed by atoms with van der Waals surface area (Å²) in [5, 5.41) is 12.4. The fraction of sp³-hybridized carbons (Fsp3) is 0.294. The molecule has 6 nitrogen and oxygen atoms in total. The number of hydrogen-bond acceptors (Lipinski definition) is 5. The number of nitrogens with zero attached hydrogens (tertiary/aromatic N) is 5. The average molecular weight is 306 g/mol. The summed E-state index contributed by atoms with van der Waals surface area (Å²) < 4.78 is 1.83. The number of nitriles is 1. The zero-order valence-corrected chi connectivity index (χ0v) is 13.4. The van der Waals surface area contributed by atoms with Gasteiger partial charge in [0, 0.05) is 18.9 Å². The lowest BCUT2D eigenvalue weighted by Crippen LogP contribution is -2.19. The first-order chi connectivity index (χ1) is 11.0. The molecule has 3 heterocycles. The van der Waals surface area contributed by atoms with E-state index in [4.69, 9.17) is 5.26 Å². The molecule has 1 N–H and O–H groups in total. The lowest BCUT2D eigenvalue weighted by atomic mass is 9.97. The van der Waals surface area contributed by atoms with Crippen LogP contribution in [0.15, 0.2) is 36.8 Å². The monoisotopic (exact) mass is 306 g/mol. The fourth-order valence-corrected chi connectivity index (χ4v) is 2.15. The minimum absolute atomic E-state index is 0.163. The van der Waals surface area contributed by atoms with Crippen molar-refractivity contribution in [2.75, 3.05) is 11.9 Å². The maximum absolute atomic E-state index is 9.06. The van der Waals surface area contributed by atoms with Gasteiger partial charge < -0.3 is 5.32 Å². The number of pyridine rings is 1. The van der Waals surface area contributed by atoms with Gasteiger partial charge in [-0.2, -0.15) is 5.26 Å². The fourth-order valence-electron chi connectivity index (χ4n) is 2.15. The number of rotatable bonds is 3. The first-order valence-electron chi connectivity index (χ1n) is 7.41. The Bertz CT molecular complexity index is 882. The summed E-state index contributed by atoms with van der Waals surface area (Å²) in [6.07, 6.45) is 5.19. The van der Waals surface area contributed by atoms with Crippen LogP contribution in [0.25, 0.3) is 17.2 Å². The molecule has 3 rings (SSSR count). The van der Waals surface area contributed by atoms with E-state index >= 15 is 0 Å². The minimum Gasteiger partial charge on any atom is -0.369 e. The van der Waals surface area contributed by atoms with E-state index in [0.29, 0.717) is 11.4 Å². The van der Waals surface area contributed by atoms with Gasteiger partial charge in [-0.15, -0.1) is 0 Å². The summed E-state index contributed by atoms with van der Waals surface area (Å²) in [7, 11) is 0. The molecule has 116 valence electrons. The molecule has 0 bridgehead atoms. The second kappa shape index (κ2) is 5.69. The van der Waals surface area contributed by atoms with Crippen molar-refractivity contribution < 1.29 is 0 Å². The molecule has 23 heavy (non-hydrogen) atoms. The molecule has 0 aliphatic carbocycles. The maximum Gasteiger partial charge on any atom is 0.180 e. The van der Waals surface area contributed by atoms with Crippen molar-refractivity contribution in [1.82, 2.24) is 19.4 Å². The summed E-state index contributed by atoms with van der Waals surface area (Å²) >= 11 is 0. The molecule has 0 unspecified atom stereocenters. The van der Waals surface area contributed by atoms with Crippen molar-refractivity contribution in [3.63, 3.8) is 0 Å². The van der Waals surface area contributed by atoms with Gasteiger partial charge >= 0.3 is 0 Å². The molecule has 0 aliphatic heterocycles. The molecule has 0 atom stereocenters. The topological polar surface area (TPSA) is 78.9 Å². The third-order valence-corrected chi connectivity index (χ3v) is 3.32. The minimum atomic E-state index is 0.163. The van der Waals surface area contributed by atoms with E-state index in [0.717, 1.165) is 23.7 Å². The number of hydrogen-bond donors (Lipinski definition) is 1.